The highest BCUT2D eigenvalue weighted by Gasteiger charge is 2.45. The second kappa shape index (κ2) is 12.3. The summed E-state index contributed by atoms with van der Waals surface area (Å²) >= 11 is 0. The van der Waals surface area contributed by atoms with E-state index in [1.807, 2.05) is 33.8 Å². The Morgan fingerprint density at radius 1 is 1.05 bits per heavy atom. The molecule has 3 aromatic rings. The maximum Gasteiger partial charge on any atom is 0.249 e. The van der Waals surface area contributed by atoms with Crippen molar-refractivity contribution in [2.24, 2.45) is 0 Å². The number of benzene rings is 1. The van der Waals surface area contributed by atoms with E-state index in [-0.39, 0.29) is 36.6 Å². The fourth-order valence-electron chi connectivity index (χ4n) is 6.21. The standard InChI is InChI=1S/C32H45N5O5/c1-22-29-24(17-35-19-32(4,5)36(20-31(35,2)3)27(38)18-39-6)16-26(23-11-13-25(14-12-23)42-21-40-7)33-30(29)37(34-22)28-10-8-9-15-41-28/h11-14,16,28H,8-10,15,17-21H2,1-7H3. The topological polar surface area (TPSA) is 91.2 Å². The number of hydrogen-bond acceptors (Lipinski definition) is 8. The predicted molar refractivity (Wildman–Crippen MR) is 161 cm³/mol. The molecule has 0 saturated carbocycles. The smallest absolute Gasteiger partial charge is 0.249 e. The van der Waals surface area contributed by atoms with Gasteiger partial charge in [-0.3, -0.25) is 9.69 Å². The van der Waals surface area contributed by atoms with E-state index in [1.165, 1.54) is 0 Å². The van der Waals surface area contributed by atoms with Crippen LogP contribution in [0.5, 0.6) is 5.75 Å². The quantitative estimate of drug-likeness (QED) is 0.330. The van der Waals surface area contributed by atoms with Crippen LogP contribution in [0, 0.1) is 6.92 Å². The maximum atomic E-state index is 13.0. The molecule has 228 valence electrons. The van der Waals surface area contributed by atoms with Crippen molar-refractivity contribution in [3.05, 3.63) is 41.6 Å². The lowest BCUT2D eigenvalue weighted by Crippen LogP contribution is -2.68. The average molecular weight is 580 g/mol. The van der Waals surface area contributed by atoms with E-state index in [9.17, 15) is 4.79 Å². The van der Waals surface area contributed by atoms with Gasteiger partial charge in [-0.05, 0) is 89.8 Å². The molecule has 2 saturated heterocycles. The number of hydrogen-bond donors (Lipinski definition) is 0. The Labute approximate surface area is 248 Å². The Balaban J connectivity index is 1.56. The molecular formula is C32H45N5O5. The van der Waals surface area contributed by atoms with Gasteiger partial charge in [0.25, 0.3) is 0 Å². The van der Waals surface area contributed by atoms with Gasteiger partial charge in [-0.2, -0.15) is 5.10 Å². The van der Waals surface area contributed by atoms with Crippen LogP contribution in [-0.2, 0) is 25.5 Å². The van der Waals surface area contributed by atoms with Gasteiger partial charge < -0.3 is 23.8 Å². The van der Waals surface area contributed by atoms with E-state index in [1.54, 1.807) is 14.2 Å². The van der Waals surface area contributed by atoms with Crippen molar-refractivity contribution in [3.8, 4) is 17.0 Å². The van der Waals surface area contributed by atoms with Crippen LogP contribution in [0.3, 0.4) is 0 Å². The van der Waals surface area contributed by atoms with Gasteiger partial charge >= 0.3 is 0 Å². The van der Waals surface area contributed by atoms with Crippen molar-refractivity contribution in [2.45, 2.75) is 77.7 Å². The fourth-order valence-corrected chi connectivity index (χ4v) is 6.21. The van der Waals surface area contributed by atoms with Crippen LogP contribution in [0.1, 0.15) is 64.4 Å². The Hall–Kier alpha value is -3.05. The van der Waals surface area contributed by atoms with E-state index >= 15 is 0 Å². The minimum absolute atomic E-state index is 0.0198. The van der Waals surface area contributed by atoms with Crippen LogP contribution in [0.15, 0.2) is 30.3 Å². The van der Waals surface area contributed by atoms with E-state index in [0.717, 1.165) is 71.7 Å². The number of methoxy groups -OCH3 is 2. The zero-order valence-corrected chi connectivity index (χ0v) is 26.1. The average Bonchev–Trinajstić information content (AvgIpc) is 3.31. The molecular weight excluding hydrogens is 534 g/mol. The van der Waals surface area contributed by atoms with Crippen molar-refractivity contribution in [2.75, 3.05) is 47.3 Å². The SMILES string of the molecule is COCOc1ccc(-c2cc(CN3CC(C)(C)N(C(=O)COC)CC3(C)C)c3c(C)nn(C4CCCCO4)c3n2)cc1. The van der Waals surface area contributed by atoms with E-state index in [4.69, 9.17) is 29.0 Å². The minimum atomic E-state index is -0.354. The molecule has 0 spiro atoms. The second-order valence-electron chi connectivity index (χ2n) is 12.7. The number of pyridine rings is 1. The molecule has 10 nitrogen and oxygen atoms in total. The van der Waals surface area contributed by atoms with Gasteiger partial charge in [-0.1, -0.05) is 0 Å². The van der Waals surface area contributed by atoms with Crippen LogP contribution < -0.4 is 4.74 Å². The molecule has 1 amide bonds. The molecule has 0 N–H and O–H groups in total. The van der Waals surface area contributed by atoms with Gasteiger partial charge in [0.15, 0.2) is 18.7 Å². The molecule has 2 aromatic heterocycles. The number of aryl methyl sites for hydroxylation is 1. The number of aromatic nitrogens is 3. The van der Waals surface area contributed by atoms with Crippen LogP contribution in [0.4, 0.5) is 0 Å². The Kier molecular flexibility index (Phi) is 8.89. The highest BCUT2D eigenvalue weighted by atomic mass is 16.7. The summed E-state index contributed by atoms with van der Waals surface area (Å²) in [5.41, 5.74) is 4.21. The fraction of sp³-hybridized carbons (Fsp3) is 0.594. The third-order valence-electron chi connectivity index (χ3n) is 8.48. The molecule has 5 rings (SSSR count). The van der Waals surface area contributed by atoms with Gasteiger partial charge in [-0.25, -0.2) is 9.67 Å². The molecule has 1 atom stereocenters. The first-order valence-electron chi connectivity index (χ1n) is 14.8. The molecule has 2 fully saturated rings. The lowest BCUT2D eigenvalue weighted by atomic mass is 9.88. The van der Waals surface area contributed by atoms with Crippen LogP contribution in [0.2, 0.25) is 0 Å². The summed E-state index contributed by atoms with van der Waals surface area (Å²) in [4.78, 5) is 22.6. The molecule has 1 aromatic carbocycles. The molecule has 42 heavy (non-hydrogen) atoms. The van der Waals surface area contributed by atoms with Crippen molar-refractivity contribution in [1.29, 1.82) is 0 Å². The third-order valence-corrected chi connectivity index (χ3v) is 8.48. The van der Waals surface area contributed by atoms with Gasteiger partial charge in [-0.15, -0.1) is 0 Å². The highest BCUT2D eigenvalue weighted by molar-refractivity contribution is 5.85. The second-order valence-corrected chi connectivity index (χ2v) is 12.7. The zero-order valence-electron chi connectivity index (χ0n) is 26.1. The summed E-state index contributed by atoms with van der Waals surface area (Å²) in [5, 5.41) is 6.05. The predicted octanol–water partition coefficient (Wildman–Crippen LogP) is 4.94. The lowest BCUT2D eigenvalue weighted by molar-refractivity contribution is -0.151. The number of nitrogens with zero attached hydrogens (tertiary/aromatic N) is 5. The number of fused-ring (bicyclic) bond motifs is 1. The molecule has 10 heteroatoms. The van der Waals surface area contributed by atoms with Crippen molar-refractivity contribution >= 4 is 16.9 Å². The first-order chi connectivity index (χ1) is 20.0. The van der Waals surface area contributed by atoms with Gasteiger partial charge in [0.1, 0.15) is 12.4 Å². The summed E-state index contributed by atoms with van der Waals surface area (Å²) in [5.74, 6) is 0.759. The molecule has 2 aliphatic heterocycles. The third kappa shape index (κ3) is 6.17. The van der Waals surface area contributed by atoms with Gasteiger partial charge in [0.2, 0.25) is 5.91 Å². The summed E-state index contributed by atoms with van der Waals surface area (Å²) in [6.45, 7) is 13.8. The number of carbonyl (C=O) groups is 1. The van der Waals surface area contributed by atoms with Gasteiger partial charge in [0.05, 0.1) is 16.9 Å². The number of piperazine rings is 1. The first kappa shape index (κ1) is 30.4. The first-order valence-corrected chi connectivity index (χ1v) is 14.8. The van der Waals surface area contributed by atoms with Crippen LogP contribution in [-0.4, -0.2) is 88.9 Å². The lowest BCUT2D eigenvalue weighted by Gasteiger charge is -2.55. The largest absolute Gasteiger partial charge is 0.468 e. The summed E-state index contributed by atoms with van der Waals surface area (Å²) in [7, 11) is 3.18. The number of amides is 1. The Morgan fingerprint density at radius 2 is 1.81 bits per heavy atom. The van der Waals surface area contributed by atoms with E-state index in [2.05, 4.69) is 45.6 Å². The van der Waals surface area contributed by atoms with Crippen molar-refractivity contribution in [3.63, 3.8) is 0 Å². The Bertz CT molecular complexity index is 1390. The van der Waals surface area contributed by atoms with Crippen LogP contribution >= 0.6 is 0 Å². The molecule has 2 aliphatic rings. The monoisotopic (exact) mass is 579 g/mol. The highest BCUT2D eigenvalue weighted by Crippen LogP contribution is 2.36. The number of rotatable bonds is 9. The summed E-state index contributed by atoms with van der Waals surface area (Å²) < 4.78 is 24.0. The molecule has 4 heterocycles. The normalized spacial score (nSPS) is 20.6. The minimum Gasteiger partial charge on any atom is -0.468 e. The number of ether oxygens (including phenoxy) is 4. The van der Waals surface area contributed by atoms with E-state index < -0.39 is 0 Å². The van der Waals surface area contributed by atoms with Crippen molar-refractivity contribution in [1.82, 2.24) is 24.6 Å². The molecule has 0 aliphatic carbocycles. The molecule has 1 unspecified atom stereocenters. The maximum absolute atomic E-state index is 13.0. The molecule has 0 radical (unpaired) electrons. The summed E-state index contributed by atoms with van der Waals surface area (Å²) in [6, 6.07) is 10.1. The van der Waals surface area contributed by atoms with E-state index in [0.29, 0.717) is 13.1 Å². The molecule has 0 bridgehead atoms. The van der Waals surface area contributed by atoms with Gasteiger partial charge in [0, 0.05) is 56.9 Å². The Morgan fingerprint density at radius 3 is 2.48 bits per heavy atom. The summed E-state index contributed by atoms with van der Waals surface area (Å²) in [6.07, 6.45) is 2.97. The van der Waals surface area contributed by atoms with Crippen molar-refractivity contribution < 1.29 is 23.7 Å². The zero-order chi connectivity index (χ0) is 30.1. The number of carbonyl (C=O) groups excluding carboxylic acids is 1. The van der Waals surface area contributed by atoms with Crippen LogP contribution in [0.25, 0.3) is 22.3 Å².